The molecule has 5 aromatic heterocycles. The van der Waals surface area contributed by atoms with Crippen molar-refractivity contribution in [1.82, 2.24) is 47.8 Å². The molecule has 5 aliphatic heterocycles. The summed E-state index contributed by atoms with van der Waals surface area (Å²) < 4.78 is 108. The number of H-pyrrole nitrogens is 5. The summed E-state index contributed by atoms with van der Waals surface area (Å²) in [6.45, 7) is -14.9. The minimum atomic E-state index is -4.67. The molecule has 5 aromatic rings. The first-order chi connectivity index (χ1) is 47.7. The van der Waals surface area contributed by atoms with Crippen molar-refractivity contribution in [3.05, 3.63) is 163 Å². The molecular weight excluding hydrogens is 1560 g/mol. The topological polar surface area (TPSA) is 511 Å². The highest BCUT2D eigenvalue weighted by Gasteiger charge is 2.49. The van der Waals surface area contributed by atoms with Gasteiger partial charge in [0.25, 0.3) is 27.8 Å². The van der Waals surface area contributed by atoms with E-state index in [4.69, 9.17) is 116 Å². The first-order valence-corrected chi connectivity index (χ1v) is 43.9. The molecule has 0 amide bonds. The summed E-state index contributed by atoms with van der Waals surface area (Å²) in [4.78, 5) is 184. The number of ether oxygens (including phenoxy) is 5. The van der Waals surface area contributed by atoms with E-state index in [9.17, 15) is 72.1 Å². The average molecular weight is 1630 g/mol. The lowest BCUT2D eigenvalue weighted by Crippen LogP contribution is -2.33. The zero-order valence-electron chi connectivity index (χ0n) is 54.6. The van der Waals surface area contributed by atoms with E-state index >= 15 is 0 Å². The van der Waals surface area contributed by atoms with Gasteiger partial charge in [0, 0.05) is 90.9 Å². The van der Waals surface area contributed by atoms with Crippen LogP contribution >= 0.6 is 45.9 Å². The van der Waals surface area contributed by atoms with Crippen molar-refractivity contribution in [1.29, 1.82) is 0 Å². The SMILES string of the molecule is CCOP(O)(=S)O[C@H]1C[C@H](n2cc(C)c(=O)[nH]c2=O)O[C@@H]1COP(=O)(S)O[C@H]1C[C@H](n2cc(C)c(=O)[nH]c2=O)O[C@@H]1COP(O)(=S)O[C@H]1C[C@H](n2cc(C)c(=O)[nH]c2=O)O[C@@H]1COP(O)(=S)O[C@H]1C[C@H](n2cc(C)c(=O)[nH]c2=O)O[C@@H]1COP(O)(=S)O[C@H]1C[C@H](n2cc(C)c(=O)[nH]c2=O)O[C@@H]1C. The molecular formula is C52H71N10O30P5S5. The van der Waals surface area contributed by atoms with Gasteiger partial charge in [-0.25, -0.2) is 28.5 Å². The van der Waals surface area contributed by atoms with Gasteiger partial charge in [0.1, 0.15) is 61.7 Å². The molecule has 0 spiro atoms. The minimum absolute atomic E-state index is 0.0345. The summed E-state index contributed by atoms with van der Waals surface area (Å²) >= 11 is 25.8. The zero-order valence-corrected chi connectivity index (χ0v) is 63.2. The van der Waals surface area contributed by atoms with Crippen LogP contribution in [0.25, 0.3) is 0 Å². The summed E-state index contributed by atoms with van der Waals surface area (Å²) in [5.74, 6) is 0. The third-order valence-corrected chi connectivity index (χ3v) is 24.7. The number of aromatic nitrogens is 10. The summed E-state index contributed by atoms with van der Waals surface area (Å²) in [6, 6.07) is 0. The molecule has 10 heterocycles. The molecule has 0 bridgehead atoms. The highest BCUT2D eigenvalue weighted by atomic mass is 32.7. The van der Waals surface area contributed by atoms with Crippen LogP contribution < -0.4 is 56.2 Å². The summed E-state index contributed by atoms with van der Waals surface area (Å²) in [6.07, 6.45) is -14.0. The molecule has 5 fully saturated rings. The highest BCUT2D eigenvalue weighted by molar-refractivity contribution is 8.44. The van der Waals surface area contributed by atoms with Crippen LogP contribution in [-0.4, -0.2) is 161 Å². The van der Waals surface area contributed by atoms with Gasteiger partial charge in [0.2, 0.25) is 0 Å². The molecule has 50 heteroatoms. The van der Waals surface area contributed by atoms with Crippen LogP contribution in [0.5, 0.6) is 0 Å². The molecule has 5 aliphatic rings. The van der Waals surface area contributed by atoms with Crippen molar-refractivity contribution in [3.63, 3.8) is 0 Å². The maximum absolute atomic E-state index is 14.4. The van der Waals surface area contributed by atoms with Crippen molar-refractivity contribution >= 4 is 93.1 Å². The molecule has 9 N–H and O–H groups in total. The van der Waals surface area contributed by atoms with E-state index in [2.05, 4.69) is 37.2 Å². The van der Waals surface area contributed by atoms with Crippen LogP contribution in [0, 0.1) is 34.6 Å². The second-order valence-corrected chi connectivity index (χ2v) is 38.1. The Morgan fingerprint density at radius 2 is 0.627 bits per heavy atom. The molecule has 0 radical (unpaired) electrons. The Balaban J connectivity index is 0.846. The van der Waals surface area contributed by atoms with Gasteiger partial charge < -0.3 is 79.4 Å². The van der Waals surface area contributed by atoms with Crippen molar-refractivity contribution in [2.24, 2.45) is 0 Å². The van der Waals surface area contributed by atoms with Crippen LogP contribution in [0.15, 0.2) is 78.9 Å². The van der Waals surface area contributed by atoms with E-state index in [-0.39, 0.29) is 66.5 Å². The summed E-state index contributed by atoms with van der Waals surface area (Å²) in [5, 5.41) is 0. The molecule has 102 heavy (non-hydrogen) atoms. The van der Waals surface area contributed by atoms with Crippen molar-refractivity contribution in [3.8, 4) is 0 Å². The fourth-order valence-electron chi connectivity index (χ4n) is 11.5. The van der Waals surface area contributed by atoms with Gasteiger partial charge in [-0.2, -0.15) is 0 Å². The summed E-state index contributed by atoms with van der Waals surface area (Å²) in [5.41, 5.74) is -7.21. The third kappa shape index (κ3) is 19.8. The van der Waals surface area contributed by atoms with Gasteiger partial charge in [-0.15, -0.1) is 0 Å². The highest BCUT2D eigenvalue weighted by Crippen LogP contribution is 2.59. The van der Waals surface area contributed by atoms with Crippen molar-refractivity contribution in [2.75, 3.05) is 33.0 Å². The fourth-order valence-corrected chi connectivity index (χ4v) is 19.0. The second kappa shape index (κ2) is 32.3. The van der Waals surface area contributed by atoms with Crippen LogP contribution in [0.2, 0.25) is 0 Å². The smallest absolute Gasteiger partial charge is 0.352 e. The maximum atomic E-state index is 14.4. The van der Waals surface area contributed by atoms with Crippen LogP contribution in [-0.2, 0) is 121 Å². The lowest BCUT2D eigenvalue weighted by atomic mass is 10.2. The van der Waals surface area contributed by atoms with E-state index in [1.807, 2.05) is 0 Å². The van der Waals surface area contributed by atoms with Crippen molar-refractivity contribution < 1.29 is 93.1 Å². The first-order valence-electron chi connectivity index (χ1n) is 30.8. The first kappa shape index (κ1) is 80.4. The predicted molar refractivity (Wildman–Crippen MR) is 371 cm³/mol. The minimum Gasteiger partial charge on any atom is -0.352 e. The standard InChI is InChI=1S/C52H71N10O30P5S5/c1-8-78-93(73,98)89-30-10-39(59-15-24(3)44(64)54-49(59)69)84-34(30)20-80-95(75,100)91-32-12-41(61-17-26(5)46(66)56-51(61)71)86-36(32)22-82-97(77,102)92-33-13-42(62-18-27(6)47(67)57-52(62)72)87-37(33)21-81-96(76,101)90-31-11-40(60-16-25(4)45(65)55-50(60)70)85-35(31)19-79-94(74,99)88-29-9-38(83-28(29)7)58-14-23(2)43(63)53-48(58)68/h14-18,28-42H,8-13,19-22H2,1-7H3,(H,73,98)(H,74,99)(H,75,100)(H,76,101)(H,77,102)(H,53,63,68)(H,54,64,69)(H,55,65,70)(H,56,66,71)(H,57,67,72)/t28-,29+,30+,31+,32+,33+,34-,35-,36-,37-,38-,39-,40-,41-,42-,93?,94?,95?,96?,97?/m1/s1. The van der Waals surface area contributed by atoms with E-state index in [1.165, 1.54) is 65.6 Å². The van der Waals surface area contributed by atoms with Crippen LogP contribution in [0.4, 0.5) is 0 Å². The van der Waals surface area contributed by atoms with Crippen LogP contribution in [0.1, 0.15) is 105 Å². The number of aryl methyl sites for hydroxylation is 5. The van der Waals surface area contributed by atoms with Gasteiger partial charge in [0.15, 0.2) is 0 Å². The fraction of sp³-hybridized carbons (Fsp3) is 0.615. The molecule has 5 unspecified atom stereocenters. The molecule has 5 saturated heterocycles. The third-order valence-electron chi connectivity index (χ3n) is 16.6. The lowest BCUT2D eigenvalue weighted by molar-refractivity contribution is -0.0561. The number of hydrogen-bond acceptors (Lipinski definition) is 30. The Morgan fingerprint density at radius 3 is 0.902 bits per heavy atom. The number of nitrogens with one attached hydrogen (secondary N) is 5. The normalized spacial score (nSPS) is 29.7. The van der Waals surface area contributed by atoms with Gasteiger partial charge in [-0.05, 0) is 95.7 Å². The van der Waals surface area contributed by atoms with E-state index in [0.717, 1.165) is 22.8 Å². The van der Waals surface area contributed by atoms with Gasteiger partial charge in [-0.1, -0.05) is 12.2 Å². The predicted octanol–water partition coefficient (Wildman–Crippen LogP) is 0.671. The molecule has 40 nitrogen and oxygen atoms in total. The quantitative estimate of drug-likeness (QED) is 0.0232. The van der Waals surface area contributed by atoms with Gasteiger partial charge in [-0.3, -0.25) is 80.8 Å². The Kier molecular flexibility index (Phi) is 25.5. The molecule has 564 valence electrons. The van der Waals surface area contributed by atoms with E-state index in [1.54, 1.807) is 13.8 Å². The van der Waals surface area contributed by atoms with Crippen LogP contribution in [0.3, 0.4) is 0 Å². The second-order valence-electron chi connectivity index (χ2n) is 24.0. The molecule has 0 saturated carbocycles. The number of hydrogen-bond donors (Lipinski definition) is 10. The lowest BCUT2D eigenvalue weighted by Gasteiger charge is -2.28. The Labute approximate surface area is 599 Å². The monoisotopic (exact) mass is 1630 g/mol. The molecule has 20 atom stereocenters. The van der Waals surface area contributed by atoms with Gasteiger partial charge >= 0.3 is 62.1 Å². The van der Waals surface area contributed by atoms with Crippen molar-refractivity contribution in [2.45, 2.75) is 173 Å². The number of nitrogens with zero attached hydrogens (tertiary/aromatic N) is 5. The molecule has 10 rings (SSSR count). The summed E-state index contributed by atoms with van der Waals surface area (Å²) in [7, 11) is 0. The van der Waals surface area contributed by atoms with E-state index in [0.29, 0.717) is 0 Å². The Bertz CT molecular complexity index is 4890. The largest absolute Gasteiger partial charge is 0.386 e. The Hall–Kier alpha value is -4.18. The zero-order chi connectivity index (χ0) is 74.5. The van der Waals surface area contributed by atoms with Gasteiger partial charge in [0.05, 0.1) is 63.6 Å². The number of rotatable bonds is 29. The maximum Gasteiger partial charge on any atom is 0.386 e. The molecule has 0 aliphatic carbocycles. The number of aromatic amines is 5. The Morgan fingerprint density at radius 1 is 0.402 bits per heavy atom. The van der Waals surface area contributed by atoms with E-state index < -0.39 is 209 Å². The molecule has 0 aromatic carbocycles. The average Bonchev–Trinajstić information content (AvgIpc) is 1.65. The number of thiol groups is 1.